The van der Waals surface area contributed by atoms with Crippen LogP contribution >= 0.6 is 11.3 Å². The number of carbonyl (C=O) groups is 1. The Morgan fingerprint density at radius 2 is 1.81 bits per heavy atom. The van der Waals surface area contributed by atoms with Crippen molar-refractivity contribution in [1.82, 2.24) is 14.8 Å². The van der Waals surface area contributed by atoms with Crippen LogP contribution in [0.1, 0.15) is 36.1 Å². The first-order valence-electron chi connectivity index (χ1n) is 9.76. The van der Waals surface area contributed by atoms with Crippen LogP contribution in [0.5, 0.6) is 5.75 Å². The molecule has 7 nitrogen and oxygen atoms in total. The molecule has 2 aromatic carbocycles. The Balaban J connectivity index is 1.59. The number of esters is 1. The van der Waals surface area contributed by atoms with E-state index in [1.807, 2.05) is 43.5 Å². The van der Waals surface area contributed by atoms with Crippen molar-refractivity contribution in [1.29, 1.82) is 0 Å². The molecule has 4 aromatic rings. The van der Waals surface area contributed by atoms with E-state index in [-0.39, 0.29) is 23.9 Å². The van der Waals surface area contributed by atoms with Crippen molar-refractivity contribution in [2.75, 3.05) is 7.11 Å². The van der Waals surface area contributed by atoms with E-state index >= 15 is 0 Å². The zero-order chi connectivity index (χ0) is 22.0. The van der Waals surface area contributed by atoms with Crippen molar-refractivity contribution in [2.24, 2.45) is 0 Å². The number of hydrogen-bond donors (Lipinski definition) is 0. The van der Waals surface area contributed by atoms with Crippen LogP contribution in [-0.4, -0.2) is 27.8 Å². The van der Waals surface area contributed by atoms with E-state index in [0.717, 1.165) is 16.3 Å². The molecule has 0 saturated heterocycles. The molecule has 0 aliphatic rings. The molecular weight excluding hydrogens is 414 g/mol. The second-order valence-corrected chi connectivity index (χ2v) is 8.02. The topological polar surface area (TPSA) is 83.3 Å². The third-order valence-corrected chi connectivity index (χ3v) is 5.68. The molecule has 0 aliphatic heterocycles. The fourth-order valence-electron chi connectivity index (χ4n) is 3.23. The SMILES string of the molecule is COc1ccccc1-c1nc(COC(=O)c2nn(C(C)C)c(=O)c3ccccc23)cs1. The highest BCUT2D eigenvalue weighted by Gasteiger charge is 2.19. The monoisotopic (exact) mass is 435 g/mol. The maximum Gasteiger partial charge on any atom is 0.359 e. The number of carbonyl (C=O) groups excluding carboxylic acids is 1. The predicted molar refractivity (Wildman–Crippen MR) is 120 cm³/mol. The summed E-state index contributed by atoms with van der Waals surface area (Å²) in [7, 11) is 1.61. The van der Waals surface area contributed by atoms with Gasteiger partial charge in [0, 0.05) is 10.8 Å². The maximum atomic E-state index is 12.9. The molecule has 0 unspecified atom stereocenters. The molecule has 0 fully saturated rings. The molecule has 2 aromatic heterocycles. The molecule has 0 N–H and O–H groups in total. The fourth-order valence-corrected chi connectivity index (χ4v) is 4.07. The van der Waals surface area contributed by atoms with Gasteiger partial charge in [0.25, 0.3) is 5.56 Å². The summed E-state index contributed by atoms with van der Waals surface area (Å²) in [6.07, 6.45) is 0. The highest BCUT2D eigenvalue weighted by molar-refractivity contribution is 7.13. The van der Waals surface area contributed by atoms with Crippen molar-refractivity contribution >= 4 is 28.1 Å². The van der Waals surface area contributed by atoms with Gasteiger partial charge in [0.05, 0.1) is 29.8 Å². The summed E-state index contributed by atoms with van der Waals surface area (Å²) >= 11 is 1.45. The summed E-state index contributed by atoms with van der Waals surface area (Å²) in [6.45, 7) is 3.68. The van der Waals surface area contributed by atoms with Gasteiger partial charge in [0.1, 0.15) is 17.4 Å². The summed E-state index contributed by atoms with van der Waals surface area (Å²) in [5.74, 6) is 0.129. The molecule has 0 saturated carbocycles. The van der Waals surface area contributed by atoms with Gasteiger partial charge in [-0.3, -0.25) is 4.79 Å². The minimum atomic E-state index is -0.600. The maximum absolute atomic E-state index is 12.9. The third kappa shape index (κ3) is 4.06. The van der Waals surface area contributed by atoms with Crippen LogP contribution in [-0.2, 0) is 11.3 Å². The lowest BCUT2D eigenvalue weighted by atomic mass is 10.1. The normalized spacial score (nSPS) is 11.1. The minimum Gasteiger partial charge on any atom is -0.496 e. The Hall–Kier alpha value is -3.52. The Morgan fingerprint density at radius 1 is 1.10 bits per heavy atom. The van der Waals surface area contributed by atoms with Crippen LogP contribution < -0.4 is 10.3 Å². The summed E-state index contributed by atoms with van der Waals surface area (Å²) in [5.41, 5.74) is 1.39. The Kier molecular flexibility index (Phi) is 5.81. The van der Waals surface area contributed by atoms with Crippen LogP contribution in [0.2, 0.25) is 0 Å². The lowest BCUT2D eigenvalue weighted by molar-refractivity contribution is 0.0461. The number of fused-ring (bicyclic) bond motifs is 1. The zero-order valence-electron chi connectivity index (χ0n) is 17.4. The van der Waals surface area contributed by atoms with Crippen molar-refractivity contribution < 1.29 is 14.3 Å². The first kappa shape index (κ1) is 20.7. The van der Waals surface area contributed by atoms with Gasteiger partial charge in [-0.1, -0.05) is 30.3 Å². The first-order valence-corrected chi connectivity index (χ1v) is 10.6. The third-order valence-electron chi connectivity index (χ3n) is 4.75. The first-order chi connectivity index (χ1) is 15.0. The minimum absolute atomic E-state index is 0.00128. The fraction of sp³-hybridized carbons (Fsp3) is 0.217. The second-order valence-electron chi connectivity index (χ2n) is 7.16. The van der Waals surface area contributed by atoms with Crippen LogP contribution in [0.15, 0.2) is 58.7 Å². The Bertz CT molecular complexity index is 1310. The van der Waals surface area contributed by atoms with Gasteiger partial charge in [0.15, 0.2) is 5.69 Å². The molecule has 0 aliphatic carbocycles. The lowest BCUT2D eigenvalue weighted by Crippen LogP contribution is -2.27. The molecule has 4 rings (SSSR count). The number of ether oxygens (including phenoxy) is 2. The second kappa shape index (κ2) is 8.69. The number of methoxy groups -OCH3 is 1. The molecule has 8 heteroatoms. The van der Waals surface area contributed by atoms with E-state index in [1.54, 1.807) is 31.4 Å². The molecule has 2 heterocycles. The predicted octanol–water partition coefficient (Wildman–Crippen LogP) is 4.47. The van der Waals surface area contributed by atoms with Crippen molar-refractivity contribution in [3.63, 3.8) is 0 Å². The summed E-state index contributed by atoms with van der Waals surface area (Å²) in [5, 5.41) is 7.81. The average Bonchev–Trinajstić information content (AvgIpc) is 3.26. The quantitative estimate of drug-likeness (QED) is 0.416. The van der Waals surface area contributed by atoms with Gasteiger partial charge in [-0.05, 0) is 32.0 Å². The molecule has 0 spiro atoms. The van der Waals surface area contributed by atoms with Crippen LogP contribution in [0.4, 0.5) is 0 Å². The van der Waals surface area contributed by atoms with E-state index in [4.69, 9.17) is 9.47 Å². The number of thiazole rings is 1. The number of rotatable bonds is 6. The number of aromatic nitrogens is 3. The largest absolute Gasteiger partial charge is 0.496 e. The number of para-hydroxylation sites is 1. The molecule has 0 radical (unpaired) electrons. The highest BCUT2D eigenvalue weighted by atomic mass is 32.1. The summed E-state index contributed by atoms with van der Waals surface area (Å²) in [6, 6.07) is 14.3. The van der Waals surface area contributed by atoms with E-state index < -0.39 is 5.97 Å². The molecule has 0 atom stereocenters. The van der Waals surface area contributed by atoms with Crippen molar-refractivity contribution in [3.05, 3.63) is 75.7 Å². The molecule has 0 amide bonds. The van der Waals surface area contributed by atoms with Gasteiger partial charge in [-0.25, -0.2) is 14.5 Å². The van der Waals surface area contributed by atoms with Gasteiger partial charge in [0.2, 0.25) is 0 Å². The van der Waals surface area contributed by atoms with Crippen LogP contribution in [0.25, 0.3) is 21.3 Å². The molecular formula is C23H21N3O4S. The van der Waals surface area contributed by atoms with Gasteiger partial charge in [-0.15, -0.1) is 11.3 Å². The molecule has 0 bridgehead atoms. The summed E-state index contributed by atoms with van der Waals surface area (Å²) < 4.78 is 12.2. The number of nitrogens with zero attached hydrogens (tertiary/aromatic N) is 3. The molecule has 158 valence electrons. The van der Waals surface area contributed by atoms with Gasteiger partial charge < -0.3 is 9.47 Å². The zero-order valence-corrected chi connectivity index (χ0v) is 18.2. The van der Waals surface area contributed by atoms with E-state index in [2.05, 4.69) is 10.1 Å². The summed E-state index contributed by atoms with van der Waals surface area (Å²) in [4.78, 5) is 30.1. The van der Waals surface area contributed by atoms with Crippen LogP contribution in [0, 0.1) is 0 Å². The number of benzene rings is 2. The van der Waals surface area contributed by atoms with E-state index in [9.17, 15) is 9.59 Å². The number of hydrogen-bond acceptors (Lipinski definition) is 7. The highest BCUT2D eigenvalue weighted by Crippen LogP contribution is 2.32. The van der Waals surface area contributed by atoms with E-state index in [0.29, 0.717) is 16.5 Å². The van der Waals surface area contributed by atoms with Gasteiger partial charge in [-0.2, -0.15) is 5.10 Å². The van der Waals surface area contributed by atoms with Crippen LogP contribution in [0.3, 0.4) is 0 Å². The van der Waals surface area contributed by atoms with Crippen molar-refractivity contribution in [3.8, 4) is 16.3 Å². The Morgan fingerprint density at radius 3 is 2.55 bits per heavy atom. The lowest BCUT2D eigenvalue weighted by Gasteiger charge is -2.12. The van der Waals surface area contributed by atoms with Gasteiger partial charge >= 0.3 is 5.97 Å². The van der Waals surface area contributed by atoms with E-state index in [1.165, 1.54) is 16.0 Å². The average molecular weight is 436 g/mol. The smallest absolute Gasteiger partial charge is 0.359 e. The van der Waals surface area contributed by atoms with Crippen molar-refractivity contribution in [2.45, 2.75) is 26.5 Å². The Labute approximate surface area is 182 Å². The standard InChI is InChI=1S/C23H21N3O4S/c1-14(2)26-22(27)17-9-5-4-8-16(17)20(25-26)23(28)30-12-15-13-31-21(24-15)18-10-6-7-11-19(18)29-3/h4-11,13-14H,12H2,1-3H3. The molecule has 31 heavy (non-hydrogen) atoms.